The summed E-state index contributed by atoms with van der Waals surface area (Å²) in [6.07, 6.45) is 2.76. The first kappa shape index (κ1) is 15.3. The van der Waals surface area contributed by atoms with Crippen LogP contribution >= 0.6 is 0 Å². The van der Waals surface area contributed by atoms with Crippen molar-refractivity contribution in [3.63, 3.8) is 0 Å². The molecule has 0 aliphatic heterocycles. The highest BCUT2D eigenvalue weighted by Gasteiger charge is 2.41. The lowest BCUT2D eigenvalue weighted by Crippen LogP contribution is -2.31. The van der Waals surface area contributed by atoms with Crippen molar-refractivity contribution in [3.05, 3.63) is 29.3 Å². The molecule has 1 aliphatic carbocycles. The summed E-state index contributed by atoms with van der Waals surface area (Å²) in [4.78, 5) is -0.676. The number of benzene rings is 1. The van der Waals surface area contributed by atoms with Gasteiger partial charge in [0.2, 0.25) is 10.0 Å². The molecule has 0 spiro atoms. The van der Waals surface area contributed by atoms with Gasteiger partial charge in [0.25, 0.3) is 0 Å². The van der Waals surface area contributed by atoms with E-state index in [4.69, 9.17) is 5.73 Å². The third-order valence-electron chi connectivity index (χ3n) is 3.92. The Labute approximate surface area is 117 Å². The minimum absolute atomic E-state index is 0.0203. The molecule has 0 heterocycles. The number of hydrogen-bond donors (Lipinski definition) is 2. The average Bonchev–Trinajstić information content (AvgIpc) is 3.20. The van der Waals surface area contributed by atoms with Gasteiger partial charge >= 0.3 is 0 Å². The first-order chi connectivity index (χ1) is 9.33. The highest BCUT2D eigenvalue weighted by atomic mass is 32.2. The number of nitrogens with one attached hydrogen (secondary N) is 1. The van der Waals surface area contributed by atoms with E-state index in [9.17, 15) is 17.2 Å². The monoisotopic (exact) mass is 304 g/mol. The quantitative estimate of drug-likeness (QED) is 0.843. The fraction of sp³-hybridized carbons (Fsp3) is 0.538. The van der Waals surface area contributed by atoms with Crippen LogP contribution in [0, 0.1) is 17.0 Å². The Hall–Kier alpha value is -1.05. The lowest BCUT2D eigenvalue weighted by molar-refractivity contribution is 0.465. The van der Waals surface area contributed by atoms with Gasteiger partial charge in [-0.05, 0) is 42.4 Å². The summed E-state index contributed by atoms with van der Waals surface area (Å²) in [5, 5.41) is 0. The highest BCUT2D eigenvalue weighted by Crippen LogP contribution is 2.48. The molecule has 4 nitrogen and oxygen atoms in total. The topological polar surface area (TPSA) is 72.2 Å². The molecule has 1 aromatic carbocycles. The van der Waals surface area contributed by atoms with Gasteiger partial charge in [-0.2, -0.15) is 0 Å². The van der Waals surface area contributed by atoms with E-state index in [2.05, 4.69) is 4.72 Å². The molecule has 112 valence electrons. The van der Waals surface area contributed by atoms with E-state index in [1.54, 1.807) is 0 Å². The van der Waals surface area contributed by atoms with Gasteiger partial charge in [0, 0.05) is 13.1 Å². The predicted molar refractivity (Wildman–Crippen MR) is 71.4 cm³/mol. The molecule has 3 N–H and O–H groups in total. The van der Waals surface area contributed by atoms with E-state index < -0.39 is 26.6 Å². The molecule has 0 aromatic heterocycles. The zero-order valence-electron chi connectivity index (χ0n) is 11.2. The maximum atomic E-state index is 13.7. The van der Waals surface area contributed by atoms with Crippen LogP contribution in [-0.2, 0) is 16.6 Å². The molecule has 7 heteroatoms. The van der Waals surface area contributed by atoms with Crippen molar-refractivity contribution in [2.24, 2.45) is 11.1 Å². The lowest BCUT2D eigenvalue weighted by atomic mass is 10.1. The zero-order chi connectivity index (χ0) is 15.0. The van der Waals surface area contributed by atoms with E-state index in [0.717, 1.165) is 31.4 Å². The Morgan fingerprint density at radius 1 is 1.35 bits per heavy atom. The molecule has 1 aromatic rings. The summed E-state index contributed by atoms with van der Waals surface area (Å²) < 4.78 is 53.7. The van der Waals surface area contributed by atoms with Crippen molar-refractivity contribution < 1.29 is 17.2 Å². The van der Waals surface area contributed by atoms with Crippen molar-refractivity contribution in [3.8, 4) is 0 Å². The highest BCUT2D eigenvalue weighted by molar-refractivity contribution is 7.89. The van der Waals surface area contributed by atoms with Crippen LogP contribution in [0.4, 0.5) is 8.78 Å². The molecule has 0 bridgehead atoms. The average molecular weight is 304 g/mol. The van der Waals surface area contributed by atoms with E-state index in [1.165, 1.54) is 0 Å². The Morgan fingerprint density at radius 3 is 2.50 bits per heavy atom. The summed E-state index contributed by atoms with van der Waals surface area (Å²) in [6.45, 7) is 2.18. The Kier molecular flexibility index (Phi) is 4.13. The number of nitrogens with two attached hydrogens (primary N) is 1. The maximum Gasteiger partial charge on any atom is 0.243 e. The van der Waals surface area contributed by atoms with Gasteiger partial charge < -0.3 is 5.73 Å². The van der Waals surface area contributed by atoms with Crippen LogP contribution in [0.15, 0.2) is 17.0 Å². The van der Waals surface area contributed by atoms with E-state index in [1.807, 2.05) is 6.92 Å². The van der Waals surface area contributed by atoms with Crippen molar-refractivity contribution in [2.45, 2.75) is 37.6 Å². The molecule has 1 saturated carbocycles. The molecule has 20 heavy (non-hydrogen) atoms. The number of halogens is 2. The fourth-order valence-corrected chi connectivity index (χ4v) is 3.38. The van der Waals surface area contributed by atoms with Gasteiger partial charge in [-0.25, -0.2) is 21.9 Å². The van der Waals surface area contributed by atoms with Crippen LogP contribution < -0.4 is 10.5 Å². The zero-order valence-corrected chi connectivity index (χ0v) is 12.1. The molecule has 1 fully saturated rings. The predicted octanol–water partition coefficient (Wildman–Crippen LogP) is 1.89. The van der Waals surface area contributed by atoms with Crippen molar-refractivity contribution in [1.82, 2.24) is 4.72 Å². The van der Waals surface area contributed by atoms with Crippen LogP contribution in [0.5, 0.6) is 0 Å². The summed E-state index contributed by atoms with van der Waals surface area (Å²) in [7, 11) is -4.07. The largest absolute Gasteiger partial charge is 0.326 e. The molecular formula is C13H18F2N2O2S. The second kappa shape index (κ2) is 5.38. The summed E-state index contributed by atoms with van der Waals surface area (Å²) in [6, 6.07) is 1.98. The Balaban J connectivity index is 2.27. The third-order valence-corrected chi connectivity index (χ3v) is 5.32. The number of hydrogen-bond acceptors (Lipinski definition) is 3. The Bertz CT molecular complexity index is 613. The first-order valence-electron chi connectivity index (χ1n) is 6.51. The molecule has 0 amide bonds. The fourth-order valence-electron chi connectivity index (χ4n) is 2.09. The van der Waals surface area contributed by atoms with Crippen molar-refractivity contribution >= 4 is 10.0 Å². The lowest BCUT2D eigenvalue weighted by Gasteiger charge is -2.14. The van der Waals surface area contributed by atoms with Gasteiger partial charge in [0.1, 0.15) is 4.90 Å². The van der Waals surface area contributed by atoms with Gasteiger partial charge in [0.15, 0.2) is 11.6 Å². The van der Waals surface area contributed by atoms with E-state index in [-0.39, 0.29) is 24.1 Å². The van der Waals surface area contributed by atoms with Crippen LogP contribution in [-0.4, -0.2) is 15.0 Å². The smallest absolute Gasteiger partial charge is 0.243 e. The molecule has 1 aliphatic rings. The SMILES string of the molecule is CCC1(CNS(=O)(=O)c2cc(CN)cc(F)c2F)CC1. The maximum absolute atomic E-state index is 13.7. The van der Waals surface area contributed by atoms with Gasteiger partial charge in [-0.3, -0.25) is 0 Å². The number of sulfonamides is 1. The molecule has 2 rings (SSSR count). The minimum atomic E-state index is -4.07. The summed E-state index contributed by atoms with van der Waals surface area (Å²) in [5.41, 5.74) is 5.57. The Morgan fingerprint density at radius 2 is 2.00 bits per heavy atom. The van der Waals surface area contributed by atoms with Crippen LogP contribution in [0.25, 0.3) is 0 Å². The molecular weight excluding hydrogens is 286 g/mol. The van der Waals surface area contributed by atoms with E-state index in [0.29, 0.717) is 0 Å². The van der Waals surface area contributed by atoms with Crippen LogP contribution in [0.3, 0.4) is 0 Å². The van der Waals surface area contributed by atoms with Crippen molar-refractivity contribution in [2.75, 3.05) is 6.54 Å². The number of rotatable bonds is 6. The van der Waals surface area contributed by atoms with Crippen LogP contribution in [0.1, 0.15) is 31.7 Å². The second-order valence-electron chi connectivity index (χ2n) is 5.27. The third kappa shape index (κ3) is 2.99. The minimum Gasteiger partial charge on any atom is -0.326 e. The van der Waals surface area contributed by atoms with Gasteiger partial charge in [-0.15, -0.1) is 0 Å². The molecule has 0 radical (unpaired) electrons. The molecule has 0 saturated heterocycles. The summed E-state index contributed by atoms with van der Waals surface area (Å²) >= 11 is 0. The summed E-state index contributed by atoms with van der Waals surface area (Å²) in [5.74, 6) is -2.57. The molecule has 0 atom stereocenters. The first-order valence-corrected chi connectivity index (χ1v) is 7.99. The van der Waals surface area contributed by atoms with Crippen LogP contribution in [0.2, 0.25) is 0 Å². The second-order valence-corrected chi connectivity index (χ2v) is 7.01. The van der Waals surface area contributed by atoms with Gasteiger partial charge in [0.05, 0.1) is 0 Å². The standard InChI is InChI=1S/C13H18F2N2O2S/c1-2-13(3-4-13)8-17-20(18,19)11-6-9(7-16)5-10(14)12(11)15/h5-6,17H,2-4,7-8,16H2,1H3. The molecule has 0 unspecified atom stereocenters. The normalized spacial score (nSPS) is 17.2. The van der Waals surface area contributed by atoms with Gasteiger partial charge in [-0.1, -0.05) is 6.92 Å². The van der Waals surface area contributed by atoms with E-state index >= 15 is 0 Å². The van der Waals surface area contributed by atoms with Crippen molar-refractivity contribution in [1.29, 1.82) is 0 Å².